The first kappa shape index (κ1) is 20.7. The molecule has 0 spiro atoms. The maximum absolute atomic E-state index is 10.6. The Morgan fingerprint density at radius 2 is 1.60 bits per heavy atom. The number of aromatic nitrogens is 2. The first-order chi connectivity index (χ1) is 14.6. The Kier molecular flexibility index (Phi) is 6.55. The van der Waals surface area contributed by atoms with Crippen molar-refractivity contribution in [1.82, 2.24) is 14.0 Å². The minimum atomic E-state index is -0.693. The van der Waals surface area contributed by atoms with Crippen LogP contribution < -0.4 is 10.4 Å². The zero-order chi connectivity index (χ0) is 20.9. The molecule has 0 aliphatic carbocycles. The van der Waals surface area contributed by atoms with E-state index in [1.165, 1.54) is 24.8 Å². The van der Waals surface area contributed by atoms with Gasteiger partial charge in [-0.15, -0.1) is 0 Å². The number of imidazole rings is 1. The molecular formula is C24H32N4O2. The van der Waals surface area contributed by atoms with E-state index >= 15 is 0 Å². The fourth-order valence-corrected chi connectivity index (χ4v) is 4.22. The van der Waals surface area contributed by atoms with Gasteiger partial charge < -0.3 is 23.9 Å². The molecule has 1 aromatic heterocycles. The molecule has 1 saturated heterocycles. The molecule has 3 aromatic rings. The predicted molar refractivity (Wildman–Crippen MR) is 119 cm³/mol. The lowest BCUT2D eigenvalue weighted by atomic mass is 10.1. The van der Waals surface area contributed by atoms with Crippen LogP contribution in [0.3, 0.4) is 0 Å². The van der Waals surface area contributed by atoms with Gasteiger partial charge in [0.05, 0.1) is 17.6 Å². The van der Waals surface area contributed by atoms with E-state index in [4.69, 9.17) is 10.1 Å². The standard InChI is InChI=1S/C24H32N4O2/c1-19-9-11-21(12-10-19)30-18-20(29)17-28-23-8-4-3-7-22(23)27(24(28)25)16-15-26-13-5-2-6-14-26/h3-4,7-12,20,25,29H,2,5-6,13-18H2,1H3/t20-/m1/s1. The van der Waals surface area contributed by atoms with Crippen molar-refractivity contribution in [1.29, 1.82) is 5.41 Å². The molecular weight excluding hydrogens is 376 g/mol. The monoisotopic (exact) mass is 408 g/mol. The molecule has 0 amide bonds. The van der Waals surface area contributed by atoms with E-state index in [-0.39, 0.29) is 6.61 Å². The zero-order valence-corrected chi connectivity index (χ0v) is 17.8. The highest BCUT2D eigenvalue weighted by Crippen LogP contribution is 2.16. The Morgan fingerprint density at radius 3 is 2.30 bits per heavy atom. The molecule has 0 saturated carbocycles. The lowest BCUT2D eigenvalue weighted by molar-refractivity contribution is 0.0920. The number of ether oxygens (including phenoxy) is 1. The second-order valence-electron chi connectivity index (χ2n) is 8.25. The second-order valence-corrected chi connectivity index (χ2v) is 8.25. The van der Waals surface area contributed by atoms with Crippen molar-refractivity contribution >= 4 is 11.0 Å². The van der Waals surface area contributed by atoms with Crippen LogP contribution in [-0.4, -0.2) is 51.5 Å². The fourth-order valence-electron chi connectivity index (χ4n) is 4.22. The lowest BCUT2D eigenvalue weighted by Crippen LogP contribution is -2.36. The molecule has 1 atom stereocenters. The summed E-state index contributed by atoms with van der Waals surface area (Å²) in [6.07, 6.45) is 3.18. The molecule has 4 rings (SSSR count). The van der Waals surface area contributed by atoms with Crippen LogP contribution >= 0.6 is 0 Å². The average Bonchev–Trinajstić information content (AvgIpc) is 3.03. The topological polar surface area (TPSA) is 66.4 Å². The van der Waals surface area contributed by atoms with Crippen molar-refractivity contribution < 1.29 is 9.84 Å². The van der Waals surface area contributed by atoms with Crippen molar-refractivity contribution in [3.8, 4) is 5.75 Å². The van der Waals surface area contributed by atoms with Crippen molar-refractivity contribution in [3.05, 3.63) is 59.7 Å². The SMILES string of the molecule is Cc1ccc(OC[C@H](O)Cn2c(=N)n(CCN3CCCCC3)c3ccccc32)cc1. The molecule has 1 fully saturated rings. The molecule has 0 radical (unpaired) electrons. The summed E-state index contributed by atoms with van der Waals surface area (Å²) in [5.74, 6) is 0.750. The van der Waals surface area contributed by atoms with E-state index in [9.17, 15) is 5.11 Å². The van der Waals surface area contributed by atoms with Crippen LogP contribution in [0.5, 0.6) is 5.75 Å². The number of hydrogen-bond donors (Lipinski definition) is 2. The van der Waals surface area contributed by atoms with Crippen LogP contribution in [0.2, 0.25) is 0 Å². The van der Waals surface area contributed by atoms with Gasteiger partial charge in [-0.25, -0.2) is 0 Å². The molecule has 2 heterocycles. The van der Waals surface area contributed by atoms with Gasteiger partial charge in [-0.05, 0) is 57.1 Å². The van der Waals surface area contributed by atoms with Crippen LogP contribution in [0, 0.1) is 12.3 Å². The van der Waals surface area contributed by atoms with E-state index in [1.54, 1.807) is 0 Å². The average molecular weight is 409 g/mol. The molecule has 1 aliphatic heterocycles. The summed E-state index contributed by atoms with van der Waals surface area (Å²) in [4.78, 5) is 2.49. The van der Waals surface area contributed by atoms with Gasteiger partial charge in [0.1, 0.15) is 18.5 Å². The van der Waals surface area contributed by atoms with E-state index in [1.807, 2.05) is 54.0 Å². The molecule has 160 valence electrons. The zero-order valence-electron chi connectivity index (χ0n) is 17.8. The highest BCUT2D eigenvalue weighted by molar-refractivity contribution is 5.75. The maximum Gasteiger partial charge on any atom is 0.203 e. The number of hydrogen-bond acceptors (Lipinski definition) is 4. The first-order valence-electron chi connectivity index (χ1n) is 10.9. The number of para-hydroxylation sites is 2. The van der Waals surface area contributed by atoms with E-state index < -0.39 is 6.10 Å². The van der Waals surface area contributed by atoms with Gasteiger partial charge in [0.15, 0.2) is 0 Å². The molecule has 30 heavy (non-hydrogen) atoms. The number of aryl methyl sites for hydroxylation is 1. The predicted octanol–water partition coefficient (Wildman–Crippen LogP) is 3.16. The number of aliphatic hydroxyl groups excluding tert-OH is 1. The number of fused-ring (bicyclic) bond motifs is 1. The number of nitrogens with zero attached hydrogens (tertiary/aromatic N) is 3. The summed E-state index contributed by atoms with van der Waals surface area (Å²) >= 11 is 0. The summed E-state index contributed by atoms with van der Waals surface area (Å²) in [5.41, 5.74) is 3.64. The number of piperidine rings is 1. The molecule has 1 aliphatic rings. The first-order valence-corrected chi connectivity index (χ1v) is 10.9. The summed E-state index contributed by atoms with van der Waals surface area (Å²) in [6.45, 7) is 6.63. The van der Waals surface area contributed by atoms with Crippen LogP contribution in [0.4, 0.5) is 0 Å². The molecule has 6 nitrogen and oxygen atoms in total. The number of aliphatic hydroxyl groups is 1. The smallest absolute Gasteiger partial charge is 0.203 e. The van der Waals surface area contributed by atoms with Crippen molar-refractivity contribution in [2.24, 2.45) is 0 Å². The highest BCUT2D eigenvalue weighted by atomic mass is 16.5. The van der Waals surface area contributed by atoms with Crippen molar-refractivity contribution in [2.45, 2.75) is 45.4 Å². The molecule has 0 unspecified atom stereocenters. The quantitative estimate of drug-likeness (QED) is 0.602. The summed E-state index contributed by atoms with van der Waals surface area (Å²) in [6, 6.07) is 15.9. The fraction of sp³-hybridized carbons (Fsp3) is 0.458. The van der Waals surface area contributed by atoms with Gasteiger partial charge in [-0.1, -0.05) is 36.2 Å². The third-order valence-corrected chi connectivity index (χ3v) is 5.92. The van der Waals surface area contributed by atoms with Gasteiger partial charge in [0.2, 0.25) is 5.62 Å². The molecule has 2 N–H and O–H groups in total. The molecule has 0 bridgehead atoms. The van der Waals surface area contributed by atoms with Crippen molar-refractivity contribution in [2.75, 3.05) is 26.2 Å². The van der Waals surface area contributed by atoms with E-state index in [0.29, 0.717) is 12.2 Å². The minimum absolute atomic E-state index is 0.197. The third-order valence-electron chi connectivity index (χ3n) is 5.92. The summed E-state index contributed by atoms with van der Waals surface area (Å²) < 4.78 is 9.71. The van der Waals surface area contributed by atoms with Crippen LogP contribution in [-0.2, 0) is 13.1 Å². The number of benzene rings is 2. The van der Waals surface area contributed by atoms with E-state index in [0.717, 1.165) is 43.0 Å². The van der Waals surface area contributed by atoms with Crippen LogP contribution in [0.15, 0.2) is 48.5 Å². The largest absolute Gasteiger partial charge is 0.491 e. The Bertz CT molecular complexity index is 1020. The number of likely N-dealkylation sites (tertiary alicyclic amines) is 1. The second kappa shape index (κ2) is 9.49. The number of nitrogens with one attached hydrogen (secondary N) is 1. The lowest BCUT2D eigenvalue weighted by Gasteiger charge is -2.26. The van der Waals surface area contributed by atoms with Gasteiger partial charge in [0, 0.05) is 13.1 Å². The van der Waals surface area contributed by atoms with Crippen LogP contribution in [0.25, 0.3) is 11.0 Å². The third kappa shape index (κ3) is 4.77. The Balaban J connectivity index is 1.47. The Morgan fingerprint density at radius 1 is 0.933 bits per heavy atom. The minimum Gasteiger partial charge on any atom is -0.491 e. The summed E-state index contributed by atoms with van der Waals surface area (Å²) in [7, 11) is 0. The van der Waals surface area contributed by atoms with Crippen molar-refractivity contribution in [3.63, 3.8) is 0 Å². The highest BCUT2D eigenvalue weighted by Gasteiger charge is 2.16. The molecule has 6 heteroatoms. The maximum atomic E-state index is 10.6. The normalized spacial score (nSPS) is 16.1. The van der Waals surface area contributed by atoms with Gasteiger partial charge in [0.25, 0.3) is 0 Å². The Hall–Kier alpha value is -2.57. The van der Waals surface area contributed by atoms with Gasteiger partial charge >= 0.3 is 0 Å². The van der Waals surface area contributed by atoms with Crippen LogP contribution in [0.1, 0.15) is 24.8 Å². The number of rotatable bonds is 8. The van der Waals surface area contributed by atoms with Gasteiger partial charge in [-0.3, -0.25) is 5.41 Å². The van der Waals surface area contributed by atoms with Gasteiger partial charge in [-0.2, -0.15) is 0 Å². The van der Waals surface area contributed by atoms with E-state index in [2.05, 4.69) is 15.5 Å². The Labute approximate surface area is 177 Å². The summed E-state index contributed by atoms with van der Waals surface area (Å²) in [5, 5.41) is 19.4. The molecule has 2 aromatic carbocycles.